The highest BCUT2D eigenvalue weighted by Gasteiger charge is 2.09. The zero-order chi connectivity index (χ0) is 13.0. The molecule has 2 heterocycles. The van der Waals surface area contributed by atoms with Crippen molar-refractivity contribution in [1.29, 1.82) is 0 Å². The minimum atomic E-state index is 0.511. The third kappa shape index (κ3) is 3.07. The standard InChI is InChI=1S/C11H17N5O2/c1-8-6-16(7-10-14-9(2)15-18-10)11(13-8)12-4-5-17-3/h6H,4-5,7H2,1-3H3,(H,12,13). The van der Waals surface area contributed by atoms with Crippen LogP contribution in [0.1, 0.15) is 17.4 Å². The van der Waals surface area contributed by atoms with Crippen LogP contribution in [0.25, 0.3) is 0 Å². The molecule has 18 heavy (non-hydrogen) atoms. The molecule has 98 valence electrons. The number of nitrogens with zero attached hydrogens (tertiary/aromatic N) is 4. The van der Waals surface area contributed by atoms with Crippen LogP contribution in [0.15, 0.2) is 10.7 Å². The number of nitrogens with one attached hydrogen (secondary N) is 1. The highest BCUT2D eigenvalue weighted by molar-refractivity contribution is 5.29. The molecule has 0 unspecified atom stereocenters. The lowest BCUT2D eigenvalue weighted by molar-refractivity contribution is 0.210. The van der Waals surface area contributed by atoms with Gasteiger partial charge in [-0.15, -0.1) is 0 Å². The molecule has 0 aliphatic heterocycles. The van der Waals surface area contributed by atoms with Crippen LogP contribution in [0, 0.1) is 13.8 Å². The second-order valence-electron chi connectivity index (χ2n) is 3.99. The van der Waals surface area contributed by atoms with E-state index in [2.05, 4.69) is 20.4 Å². The molecule has 1 N–H and O–H groups in total. The zero-order valence-electron chi connectivity index (χ0n) is 10.8. The number of methoxy groups -OCH3 is 1. The molecule has 2 aromatic heterocycles. The maximum absolute atomic E-state index is 5.10. The molecule has 0 saturated heterocycles. The van der Waals surface area contributed by atoms with Crippen LogP contribution in [0.5, 0.6) is 0 Å². The third-order valence-corrected chi connectivity index (χ3v) is 2.36. The summed E-state index contributed by atoms with van der Waals surface area (Å²) in [6.45, 7) is 5.58. The summed E-state index contributed by atoms with van der Waals surface area (Å²) in [5.41, 5.74) is 0.936. The van der Waals surface area contributed by atoms with Gasteiger partial charge in [0.1, 0.15) is 6.54 Å². The average Bonchev–Trinajstić information content (AvgIpc) is 2.87. The fourth-order valence-electron chi connectivity index (χ4n) is 1.62. The quantitative estimate of drug-likeness (QED) is 0.771. The van der Waals surface area contributed by atoms with Gasteiger partial charge in [0.2, 0.25) is 11.8 Å². The number of anilines is 1. The van der Waals surface area contributed by atoms with E-state index in [1.165, 1.54) is 0 Å². The van der Waals surface area contributed by atoms with Crippen LogP contribution in [-0.2, 0) is 11.3 Å². The molecular weight excluding hydrogens is 234 g/mol. The van der Waals surface area contributed by atoms with Crippen molar-refractivity contribution in [2.75, 3.05) is 25.6 Å². The van der Waals surface area contributed by atoms with Crippen molar-refractivity contribution in [3.8, 4) is 0 Å². The zero-order valence-corrected chi connectivity index (χ0v) is 10.8. The maximum atomic E-state index is 5.10. The van der Waals surface area contributed by atoms with E-state index in [1.807, 2.05) is 17.7 Å². The Kier molecular flexibility index (Phi) is 3.93. The van der Waals surface area contributed by atoms with Crippen molar-refractivity contribution in [3.05, 3.63) is 23.6 Å². The lowest BCUT2D eigenvalue weighted by Gasteiger charge is -2.06. The Hall–Kier alpha value is -1.89. The van der Waals surface area contributed by atoms with E-state index < -0.39 is 0 Å². The van der Waals surface area contributed by atoms with Gasteiger partial charge >= 0.3 is 0 Å². The van der Waals surface area contributed by atoms with Gasteiger partial charge < -0.3 is 19.1 Å². The molecule has 0 aliphatic rings. The first-order valence-electron chi connectivity index (χ1n) is 5.75. The summed E-state index contributed by atoms with van der Waals surface area (Å²) in [6, 6.07) is 0. The Morgan fingerprint density at radius 3 is 2.89 bits per heavy atom. The van der Waals surface area contributed by atoms with Gasteiger partial charge in [-0.05, 0) is 13.8 Å². The Morgan fingerprint density at radius 2 is 2.22 bits per heavy atom. The third-order valence-electron chi connectivity index (χ3n) is 2.36. The molecule has 2 aromatic rings. The summed E-state index contributed by atoms with van der Waals surface area (Å²) < 4.78 is 12.0. The van der Waals surface area contributed by atoms with Crippen LogP contribution in [-0.4, -0.2) is 40.0 Å². The summed E-state index contributed by atoms with van der Waals surface area (Å²) in [7, 11) is 1.67. The molecule has 0 radical (unpaired) electrons. The molecule has 0 fully saturated rings. The molecule has 7 nitrogen and oxygen atoms in total. The second-order valence-corrected chi connectivity index (χ2v) is 3.99. The Balaban J connectivity index is 2.06. The first-order valence-corrected chi connectivity index (χ1v) is 5.75. The van der Waals surface area contributed by atoms with E-state index in [9.17, 15) is 0 Å². The smallest absolute Gasteiger partial charge is 0.246 e. The predicted molar refractivity (Wildman–Crippen MR) is 65.5 cm³/mol. The van der Waals surface area contributed by atoms with E-state index in [4.69, 9.17) is 9.26 Å². The van der Waals surface area contributed by atoms with Crippen LogP contribution in [0.4, 0.5) is 5.95 Å². The van der Waals surface area contributed by atoms with E-state index in [0.29, 0.717) is 31.4 Å². The van der Waals surface area contributed by atoms with E-state index in [1.54, 1.807) is 14.0 Å². The fraction of sp³-hybridized carbons (Fsp3) is 0.545. The predicted octanol–water partition coefficient (Wildman–Crippen LogP) is 0.990. The normalized spacial score (nSPS) is 10.8. The number of aryl methyl sites for hydroxylation is 2. The first-order chi connectivity index (χ1) is 8.69. The lowest BCUT2D eigenvalue weighted by atomic mass is 10.5. The van der Waals surface area contributed by atoms with E-state index in [-0.39, 0.29) is 0 Å². The Morgan fingerprint density at radius 1 is 1.39 bits per heavy atom. The lowest BCUT2D eigenvalue weighted by Crippen LogP contribution is -2.12. The van der Waals surface area contributed by atoms with Crippen LogP contribution in [0.3, 0.4) is 0 Å². The minimum absolute atomic E-state index is 0.511. The molecule has 0 aromatic carbocycles. The summed E-state index contributed by atoms with van der Waals surface area (Å²) in [4.78, 5) is 8.57. The Bertz CT molecular complexity index is 505. The minimum Gasteiger partial charge on any atom is -0.383 e. The molecule has 0 spiro atoms. The molecular formula is C11H17N5O2. The summed E-state index contributed by atoms with van der Waals surface area (Å²) in [5, 5.41) is 6.96. The van der Waals surface area contributed by atoms with Crippen LogP contribution in [0.2, 0.25) is 0 Å². The number of ether oxygens (including phenoxy) is 1. The van der Waals surface area contributed by atoms with Crippen molar-refractivity contribution >= 4 is 5.95 Å². The molecule has 0 amide bonds. The van der Waals surface area contributed by atoms with Crippen molar-refractivity contribution in [2.24, 2.45) is 0 Å². The largest absolute Gasteiger partial charge is 0.383 e. The average molecular weight is 251 g/mol. The Labute approximate surface area is 105 Å². The molecule has 7 heteroatoms. The number of rotatable bonds is 6. The van der Waals surface area contributed by atoms with Crippen molar-refractivity contribution in [1.82, 2.24) is 19.7 Å². The summed E-state index contributed by atoms with van der Waals surface area (Å²) >= 11 is 0. The number of hydrogen-bond donors (Lipinski definition) is 1. The topological polar surface area (TPSA) is 78.0 Å². The molecule has 0 bridgehead atoms. The van der Waals surface area contributed by atoms with E-state index in [0.717, 1.165) is 11.6 Å². The molecule has 0 atom stereocenters. The number of aromatic nitrogens is 4. The number of imidazole rings is 1. The van der Waals surface area contributed by atoms with Gasteiger partial charge in [0, 0.05) is 19.9 Å². The van der Waals surface area contributed by atoms with Crippen LogP contribution < -0.4 is 5.32 Å². The fourth-order valence-corrected chi connectivity index (χ4v) is 1.62. The SMILES string of the molecule is COCCNc1nc(C)cn1Cc1nc(C)no1. The molecule has 2 rings (SSSR count). The van der Waals surface area contributed by atoms with Gasteiger partial charge in [0.15, 0.2) is 5.82 Å². The van der Waals surface area contributed by atoms with Crippen LogP contribution >= 0.6 is 0 Å². The van der Waals surface area contributed by atoms with Crippen molar-refractivity contribution in [3.63, 3.8) is 0 Å². The van der Waals surface area contributed by atoms with Gasteiger partial charge in [0.05, 0.1) is 12.3 Å². The van der Waals surface area contributed by atoms with Gasteiger partial charge in [0.25, 0.3) is 0 Å². The van der Waals surface area contributed by atoms with Crippen molar-refractivity contribution < 1.29 is 9.26 Å². The monoisotopic (exact) mass is 251 g/mol. The van der Waals surface area contributed by atoms with Gasteiger partial charge in [-0.25, -0.2) is 4.98 Å². The second kappa shape index (κ2) is 5.63. The number of hydrogen-bond acceptors (Lipinski definition) is 6. The van der Waals surface area contributed by atoms with Gasteiger partial charge in [-0.3, -0.25) is 0 Å². The van der Waals surface area contributed by atoms with Gasteiger partial charge in [-0.2, -0.15) is 4.98 Å². The summed E-state index contributed by atoms with van der Waals surface area (Å²) in [6.07, 6.45) is 1.94. The highest BCUT2D eigenvalue weighted by atomic mass is 16.5. The maximum Gasteiger partial charge on any atom is 0.246 e. The van der Waals surface area contributed by atoms with Crippen molar-refractivity contribution in [2.45, 2.75) is 20.4 Å². The highest BCUT2D eigenvalue weighted by Crippen LogP contribution is 2.10. The molecule has 0 aliphatic carbocycles. The molecule has 0 saturated carbocycles. The first kappa shape index (κ1) is 12.6. The summed E-state index contributed by atoms with van der Waals surface area (Å²) in [5.74, 6) is 1.98. The van der Waals surface area contributed by atoms with E-state index >= 15 is 0 Å². The van der Waals surface area contributed by atoms with Gasteiger partial charge in [-0.1, -0.05) is 5.16 Å².